The lowest BCUT2D eigenvalue weighted by Gasteiger charge is -2.24. The van der Waals surface area contributed by atoms with Crippen molar-refractivity contribution in [3.8, 4) is 0 Å². The molecule has 0 aromatic heterocycles. The van der Waals surface area contributed by atoms with Crippen molar-refractivity contribution in [2.45, 2.75) is 39.2 Å². The van der Waals surface area contributed by atoms with Crippen LogP contribution in [0.5, 0.6) is 0 Å². The van der Waals surface area contributed by atoms with Crippen molar-refractivity contribution in [3.63, 3.8) is 0 Å². The highest BCUT2D eigenvalue weighted by molar-refractivity contribution is 7.91. The van der Waals surface area contributed by atoms with E-state index in [9.17, 15) is 8.42 Å². The average molecular weight is 289 g/mol. The summed E-state index contributed by atoms with van der Waals surface area (Å²) in [5, 5.41) is 3.43. The van der Waals surface area contributed by atoms with E-state index in [1.807, 2.05) is 0 Å². The Morgan fingerprint density at radius 3 is 2.53 bits per heavy atom. The molecule has 19 heavy (non-hydrogen) atoms. The van der Waals surface area contributed by atoms with Crippen LogP contribution in [0.3, 0.4) is 0 Å². The van der Waals surface area contributed by atoms with Crippen LogP contribution in [0.15, 0.2) is 0 Å². The van der Waals surface area contributed by atoms with Crippen LogP contribution in [-0.2, 0) is 14.6 Å². The van der Waals surface area contributed by atoms with Crippen LogP contribution in [0.25, 0.3) is 0 Å². The third-order valence-electron chi connectivity index (χ3n) is 4.11. The van der Waals surface area contributed by atoms with Gasteiger partial charge in [-0.2, -0.15) is 0 Å². The molecule has 2 fully saturated rings. The van der Waals surface area contributed by atoms with Gasteiger partial charge in [0, 0.05) is 19.2 Å². The second kappa shape index (κ2) is 6.55. The first-order valence-electron chi connectivity index (χ1n) is 7.48. The lowest BCUT2D eigenvalue weighted by molar-refractivity contribution is 0.0729. The fourth-order valence-electron chi connectivity index (χ4n) is 2.61. The molecule has 1 aliphatic heterocycles. The smallest absolute Gasteiger partial charge is 0.150 e. The van der Waals surface area contributed by atoms with Crippen molar-refractivity contribution in [3.05, 3.63) is 0 Å². The Morgan fingerprint density at radius 2 is 2.00 bits per heavy atom. The molecule has 4 nitrogen and oxygen atoms in total. The molecule has 5 heteroatoms. The van der Waals surface area contributed by atoms with Crippen LogP contribution in [0, 0.1) is 17.8 Å². The van der Waals surface area contributed by atoms with E-state index in [1.54, 1.807) is 0 Å². The summed E-state index contributed by atoms with van der Waals surface area (Å²) in [5.41, 5.74) is 0. The van der Waals surface area contributed by atoms with Crippen molar-refractivity contribution in [1.82, 2.24) is 5.32 Å². The topological polar surface area (TPSA) is 55.4 Å². The summed E-state index contributed by atoms with van der Waals surface area (Å²) in [6, 6.07) is 0.434. The maximum Gasteiger partial charge on any atom is 0.150 e. The van der Waals surface area contributed by atoms with Gasteiger partial charge >= 0.3 is 0 Å². The van der Waals surface area contributed by atoms with Gasteiger partial charge in [-0.1, -0.05) is 13.8 Å². The molecule has 0 spiro atoms. The minimum Gasteiger partial charge on any atom is -0.381 e. The number of nitrogens with one attached hydrogen (secondary N) is 1. The van der Waals surface area contributed by atoms with Crippen molar-refractivity contribution < 1.29 is 13.2 Å². The van der Waals surface area contributed by atoms with Gasteiger partial charge in [-0.3, -0.25) is 0 Å². The fourth-order valence-corrected chi connectivity index (χ4v) is 4.53. The lowest BCUT2D eigenvalue weighted by Crippen LogP contribution is -2.35. The van der Waals surface area contributed by atoms with E-state index < -0.39 is 9.84 Å². The van der Waals surface area contributed by atoms with E-state index in [1.165, 1.54) is 12.8 Å². The summed E-state index contributed by atoms with van der Waals surface area (Å²) >= 11 is 0. The summed E-state index contributed by atoms with van der Waals surface area (Å²) in [5.74, 6) is 2.09. The van der Waals surface area contributed by atoms with Gasteiger partial charge in [0.25, 0.3) is 0 Å². The van der Waals surface area contributed by atoms with Crippen molar-refractivity contribution in [2.24, 2.45) is 17.8 Å². The molecule has 0 aromatic carbocycles. The second-order valence-corrected chi connectivity index (χ2v) is 8.70. The monoisotopic (exact) mass is 289 g/mol. The van der Waals surface area contributed by atoms with E-state index in [2.05, 4.69) is 19.2 Å². The average Bonchev–Trinajstić information content (AvgIpc) is 3.07. The quantitative estimate of drug-likeness (QED) is 0.735. The van der Waals surface area contributed by atoms with E-state index in [0.717, 1.165) is 25.5 Å². The van der Waals surface area contributed by atoms with Crippen molar-refractivity contribution in [1.29, 1.82) is 0 Å². The fraction of sp³-hybridized carbons (Fsp3) is 1.00. The lowest BCUT2D eigenvalue weighted by atomic mass is 9.92. The zero-order valence-corrected chi connectivity index (χ0v) is 12.9. The van der Waals surface area contributed by atoms with Gasteiger partial charge in [0.15, 0.2) is 9.84 Å². The Hall–Kier alpha value is -0.130. The van der Waals surface area contributed by atoms with Gasteiger partial charge in [0.1, 0.15) is 0 Å². The number of ether oxygens (including phenoxy) is 1. The minimum absolute atomic E-state index is 0.274. The third kappa shape index (κ3) is 5.40. The molecule has 0 amide bonds. The van der Waals surface area contributed by atoms with E-state index in [0.29, 0.717) is 30.1 Å². The number of hydrogen-bond acceptors (Lipinski definition) is 4. The number of rotatable bonds is 8. The molecule has 2 atom stereocenters. The zero-order valence-electron chi connectivity index (χ0n) is 12.1. The van der Waals surface area contributed by atoms with E-state index in [4.69, 9.17) is 4.74 Å². The summed E-state index contributed by atoms with van der Waals surface area (Å²) in [6.45, 7) is 6.66. The Labute approximate surface area is 117 Å². The Balaban J connectivity index is 1.81. The zero-order chi connectivity index (χ0) is 13.9. The summed E-state index contributed by atoms with van der Waals surface area (Å²) < 4.78 is 29.0. The molecule has 2 unspecified atom stereocenters. The summed E-state index contributed by atoms with van der Waals surface area (Å²) in [6.07, 6.45) is 3.40. The van der Waals surface area contributed by atoms with Gasteiger partial charge < -0.3 is 10.1 Å². The molecule has 1 aliphatic carbocycles. The number of hydrogen-bond donors (Lipinski definition) is 1. The van der Waals surface area contributed by atoms with Gasteiger partial charge in [-0.15, -0.1) is 0 Å². The Morgan fingerprint density at radius 1 is 1.26 bits per heavy atom. The van der Waals surface area contributed by atoms with Gasteiger partial charge in [0.05, 0.1) is 18.1 Å². The molecule has 1 heterocycles. The van der Waals surface area contributed by atoms with Gasteiger partial charge in [-0.05, 0) is 37.0 Å². The van der Waals surface area contributed by atoms with Crippen LogP contribution in [-0.4, -0.2) is 45.7 Å². The molecular formula is C14H27NO3S. The Bertz CT molecular complexity index is 376. The van der Waals surface area contributed by atoms with Crippen LogP contribution >= 0.6 is 0 Å². The highest BCUT2D eigenvalue weighted by Gasteiger charge is 2.34. The normalized spacial score (nSPS) is 27.8. The molecule has 1 saturated heterocycles. The van der Waals surface area contributed by atoms with Gasteiger partial charge in [0.2, 0.25) is 0 Å². The first-order valence-corrected chi connectivity index (χ1v) is 9.30. The Kier molecular flexibility index (Phi) is 5.26. The number of sulfone groups is 1. The van der Waals surface area contributed by atoms with E-state index >= 15 is 0 Å². The first-order chi connectivity index (χ1) is 8.96. The predicted molar refractivity (Wildman–Crippen MR) is 76.9 cm³/mol. The standard InChI is InChI=1S/C14H27NO3S/c1-11(2)15-7-14(9-18-8-12-3-4-12)13-5-6-19(16,17)10-13/h11-15H,3-10H2,1-2H3. The highest BCUT2D eigenvalue weighted by Crippen LogP contribution is 2.30. The first kappa shape index (κ1) is 15.3. The van der Waals surface area contributed by atoms with E-state index in [-0.39, 0.29) is 5.92 Å². The maximum absolute atomic E-state index is 11.6. The third-order valence-corrected chi connectivity index (χ3v) is 5.90. The highest BCUT2D eigenvalue weighted by atomic mass is 32.2. The van der Waals surface area contributed by atoms with Crippen LogP contribution in [0.4, 0.5) is 0 Å². The molecule has 1 saturated carbocycles. The second-order valence-electron chi connectivity index (χ2n) is 6.47. The predicted octanol–water partition coefficient (Wildman–Crippen LogP) is 1.46. The van der Waals surface area contributed by atoms with Gasteiger partial charge in [-0.25, -0.2) is 8.42 Å². The SMILES string of the molecule is CC(C)NCC(COCC1CC1)C1CCS(=O)(=O)C1. The van der Waals surface area contributed by atoms with Crippen molar-refractivity contribution >= 4 is 9.84 Å². The maximum atomic E-state index is 11.6. The molecule has 2 rings (SSSR count). The van der Waals surface area contributed by atoms with Crippen LogP contribution < -0.4 is 5.32 Å². The molecule has 0 aromatic rings. The summed E-state index contributed by atoms with van der Waals surface area (Å²) in [7, 11) is -2.79. The molecule has 1 N–H and O–H groups in total. The van der Waals surface area contributed by atoms with Crippen LogP contribution in [0.1, 0.15) is 33.1 Å². The molecule has 0 bridgehead atoms. The van der Waals surface area contributed by atoms with Crippen LogP contribution in [0.2, 0.25) is 0 Å². The largest absolute Gasteiger partial charge is 0.381 e. The summed E-state index contributed by atoms with van der Waals surface area (Å²) in [4.78, 5) is 0. The molecule has 2 aliphatic rings. The van der Waals surface area contributed by atoms with Crippen molar-refractivity contribution in [2.75, 3.05) is 31.3 Å². The minimum atomic E-state index is -2.79. The molecule has 0 radical (unpaired) electrons. The molecule has 112 valence electrons. The molecular weight excluding hydrogens is 262 g/mol.